The second-order valence-corrected chi connectivity index (χ2v) is 7.97. The Hall–Kier alpha value is -0.870. The van der Waals surface area contributed by atoms with Crippen LogP contribution in [0.5, 0.6) is 0 Å². The third-order valence-corrected chi connectivity index (χ3v) is 5.42. The zero-order valence-corrected chi connectivity index (χ0v) is 13.1. The number of hydrogen-bond donors (Lipinski definition) is 0. The molecule has 1 fully saturated rings. The van der Waals surface area contributed by atoms with Crippen LogP contribution in [-0.2, 0) is 14.6 Å². The number of benzene rings is 1. The van der Waals surface area contributed by atoms with Gasteiger partial charge in [0, 0.05) is 6.26 Å². The third kappa shape index (κ3) is 3.83. The Kier molecular flexibility index (Phi) is 4.86. The molecule has 0 spiro atoms. The monoisotopic (exact) mass is 314 g/mol. The van der Waals surface area contributed by atoms with Gasteiger partial charge in [-0.2, -0.15) is 0 Å². The van der Waals surface area contributed by atoms with Crippen molar-refractivity contribution in [1.29, 1.82) is 0 Å². The Labute approximate surface area is 125 Å². The van der Waals surface area contributed by atoms with Crippen molar-refractivity contribution >= 4 is 26.7 Å². The highest BCUT2D eigenvalue weighted by atomic mass is 35.5. The van der Waals surface area contributed by atoms with E-state index < -0.39 is 9.84 Å². The van der Waals surface area contributed by atoms with Crippen LogP contribution >= 0.6 is 11.6 Å². The first-order chi connectivity index (χ1) is 9.38. The lowest BCUT2D eigenvalue weighted by Crippen LogP contribution is -2.11. The zero-order chi connectivity index (χ0) is 14.8. The highest BCUT2D eigenvalue weighted by Crippen LogP contribution is 2.35. The number of rotatable bonds is 5. The first kappa shape index (κ1) is 15.5. The number of sulfone groups is 1. The van der Waals surface area contributed by atoms with Crippen LogP contribution < -0.4 is 0 Å². The van der Waals surface area contributed by atoms with Crippen LogP contribution in [0.25, 0.3) is 0 Å². The van der Waals surface area contributed by atoms with Gasteiger partial charge in [0.2, 0.25) is 5.24 Å². The zero-order valence-electron chi connectivity index (χ0n) is 11.5. The van der Waals surface area contributed by atoms with E-state index >= 15 is 0 Å². The summed E-state index contributed by atoms with van der Waals surface area (Å²) in [5.74, 6) is 0.227. The van der Waals surface area contributed by atoms with Crippen molar-refractivity contribution in [1.82, 2.24) is 0 Å². The van der Waals surface area contributed by atoms with Crippen LogP contribution in [0, 0.1) is 5.92 Å². The fourth-order valence-corrected chi connectivity index (χ4v) is 3.73. The minimum absolute atomic E-state index is 0.267. The van der Waals surface area contributed by atoms with Crippen LogP contribution in [0.1, 0.15) is 43.6 Å². The van der Waals surface area contributed by atoms with E-state index in [1.165, 1.54) is 19.1 Å². The molecule has 2 rings (SSSR count). The van der Waals surface area contributed by atoms with Gasteiger partial charge in [0.15, 0.2) is 9.84 Å². The fraction of sp³-hybridized carbons (Fsp3) is 0.533. The predicted molar refractivity (Wildman–Crippen MR) is 79.7 cm³/mol. The van der Waals surface area contributed by atoms with Gasteiger partial charge in [0.05, 0.1) is 10.8 Å². The topological polar surface area (TPSA) is 51.2 Å². The Bertz CT molecular complexity index is 572. The molecule has 0 unspecified atom stereocenters. The molecule has 1 atom stereocenters. The third-order valence-electron chi connectivity index (χ3n) is 4.03. The molecule has 1 aliphatic rings. The fourth-order valence-electron chi connectivity index (χ4n) is 2.89. The molecule has 0 aliphatic heterocycles. The van der Waals surface area contributed by atoms with Crippen molar-refractivity contribution in [2.75, 3.05) is 6.26 Å². The van der Waals surface area contributed by atoms with Gasteiger partial charge >= 0.3 is 0 Å². The summed E-state index contributed by atoms with van der Waals surface area (Å²) in [6.07, 6.45) is 6.69. The van der Waals surface area contributed by atoms with E-state index in [9.17, 15) is 13.2 Å². The summed E-state index contributed by atoms with van der Waals surface area (Å²) >= 11 is 5.73. The minimum atomic E-state index is -3.21. The van der Waals surface area contributed by atoms with Gasteiger partial charge in [0.25, 0.3) is 0 Å². The number of halogens is 1. The van der Waals surface area contributed by atoms with E-state index in [4.69, 9.17) is 11.6 Å². The standard InChI is InChI=1S/C15H19ClO3S/c1-20(18,19)13-8-6-12(7-9-13)14(15(16)17)10-11-4-2-3-5-11/h6-9,11,14H,2-5,10H2,1H3/t14-/m0/s1. The summed E-state index contributed by atoms with van der Waals surface area (Å²) in [6.45, 7) is 0. The second-order valence-electron chi connectivity index (χ2n) is 5.58. The van der Waals surface area contributed by atoms with E-state index in [0.717, 1.165) is 24.8 Å². The molecule has 110 valence electrons. The smallest absolute Gasteiger partial charge is 0.229 e. The van der Waals surface area contributed by atoms with Crippen LogP contribution in [0.2, 0.25) is 0 Å². The molecule has 0 bridgehead atoms. The molecule has 0 heterocycles. The molecule has 1 aromatic rings. The van der Waals surface area contributed by atoms with E-state index in [2.05, 4.69) is 0 Å². The van der Waals surface area contributed by atoms with Gasteiger partial charge in [-0.25, -0.2) is 8.42 Å². The van der Waals surface area contributed by atoms with Gasteiger partial charge in [0.1, 0.15) is 0 Å². The number of hydrogen-bond acceptors (Lipinski definition) is 3. The maximum absolute atomic E-state index is 11.7. The maximum atomic E-state index is 11.7. The highest BCUT2D eigenvalue weighted by Gasteiger charge is 2.25. The summed E-state index contributed by atoms with van der Waals surface area (Å²) in [6, 6.07) is 6.50. The Morgan fingerprint density at radius 3 is 2.25 bits per heavy atom. The lowest BCUT2D eigenvalue weighted by Gasteiger charge is -2.17. The predicted octanol–water partition coefficient (Wildman–Crippen LogP) is 3.52. The average Bonchev–Trinajstić information content (AvgIpc) is 2.87. The Morgan fingerprint density at radius 1 is 1.25 bits per heavy atom. The quantitative estimate of drug-likeness (QED) is 0.781. The summed E-state index contributed by atoms with van der Waals surface area (Å²) < 4.78 is 22.9. The van der Waals surface area contributed by atoms with Crippen LogP contribution in [0.3, 0.4) is 0 Å². The first-order valence-corrected chi connectivity index (χ1v) is 9.14. The molecule has 0 saturated heterocycles. The normalized spacial score (nSPS) is 18.1. The van der Waals surface area contributed by atoms with Crippen molar-refractivity contribution in [3.63, 3.8) is 0 Å². The highest BCUT2D eigenvalue weighted by molar-refractivity contribution is 7.90. The molecular formula is C15H19ClO3S. The Balaban J connectivity index is 2.19. The van der Waals surface area contributed by atoms with Gasteiger partial charge in [-0.05, 0) is 41.6 Å². The maximum Gasteiger partial charge on any atom is 0.229 e. The molecule has 1 saturated carbocycles. The van der Waals surface area contributed by atoms with Crippen molar-refractivity contribution in [2.45, 2.75) is 42.9 Å². The van der Waals surface area contributed by atoms with E-state index in [-0.39, 0.29) is 16.1 Å². The van der Waals surface area contributed by atoms with Crippen molar-refractivity contribution in [3.8, 4) is 0 Å². The lowest BCUT2D eigenvalue weighted by molar-refractivity contribution is -0.113. The average molecular weight is 315 g/mol. The molecule has 1 aliphatic carbocycles. The molecule has 0 aromatic heterocycles. The van der Waals surface area contributed by atoms with Crippen molar-refractivity contribution in [3.05, 3.63) is 29.8 Å². The molecule has 0 radical (unpaired) electrons. The van der Waals surface area contributed by atoms with Crippen molar-refractivity contribution < 1.29 is 13.2 Å². The van der Waals surface area contributed by atoms with Crippen LogP contribution in [-0.4, -0.2) is 19.9 Å². The summed E-state index contributed by atoms with van der Waals surface area (Å²) in [7, 11) is -3.21. The molecule has 1 aromatic carbocycles. The second kappa shape index (κ2) is 6.27. The molecular weight excluding hydrogens is 296 g/mol. The molecule has 3 nitrogen and oxygen atoms in total. The van der Waals surface area contributed by atoms with Gasteiger partial charge < -0.3 is 0 Å². The van der Waals surface area contributed by atoms with E-state index in [1.54, 1.807) is 24.3 Å². The molecule has 0 amide bonds. The van der Waals surface area contributed by atoms with Gasteiger partial charge in [-0.3, -0.25) is 4.79 Å². The summed E-state index contributed by atoms with van der Waals surface area (Å²) in [5, 5.41) is -0.357. The van der Waals surface area contributed by atoms with Gasteiger partial charge in [-0.15, -0.1) is 0 Å². The van der Waals surface area contributed by atoms with E-state index in [1.807, 2.05) is 0 Å². The first-order valence-electron chi connectivity index (χ1n) is 6.87. The SMILES string of the molecule is CS(=O)(=O)c1ccc([C@H](CC2CCCC2)C(=O)Cl)cc1. The number of carbonyl (C=O) groups is 1. The number of carbonyl (C=O) groups excluding carboxylic acids is 1. The van der Waals surface area contributed by atoms with Crippen LogP contribution in [0.15, 0.2) is 29.2 Å². The molecule has 0 N–H and O–H groups in total. The molecule has 20 heavy (non-hydrogen) atoms. The van der Waals surface area contributed by atoms with Crippen LogP contribution in [0.4, 0.5) is 0 Å². The largest absolute Gasteiger partial charge is 0.281 e. The van der Waals surface area contributed by atoms with E-state index in [0.29, 0.717) is 5.92 Å². The minimum Gasteiger partial charge on any atom is -0.281 e. The summed E-state index contributed by atoms with van der Waals surface area (Å²) in [5.41, 5.74) is 0.810. The lowest BCUT2D eigenvalue weighted by atomic mass is 9.89. The van der Waals surface area contributed by atoms with Crippen molar-refractivity contribution in [2.24, 2.45) is 5.92 Å². The Morgan fingerprint density at radius 2 is 1.80 bits per heavy atom. The van der Waals surface area contributed by atoms with Gasteiger partial charge in [-0.1, -0.05) is 37.8 Å². The summed E-state index contributed by atoms with van der Waals surface area (Å²) in [4.78, 5) is 11.9. The molecule has 5 heteroatoms.